The maximum atomic E-state index is 12.6. The van der Waals surface area contributed by atoms with Crippen molar-refractivity contribution in [2.24, 2.45) is 0 Å². The van der Waals surface area contributed by atoms with Crippen molar-refractivity contribution >= 4 is 31.4 Å². The summed E-state index contributed by atoms with van der Waals surface area (Å²) in [5, 5.41) is 0. The molecule has 0 bridgehead atoms. The molecule has 2 aromatic carbocycles. The van der Waals surface area contributed by atoms with Crippen LogP contribution in [0.3, 0.4) is 0 Å². The predicted molar refractivity (Wildman–Crippen MR) is 103 cm³/mol. The quantitative estimate of drug-likeness (QED) is 0.779. The summed E-state index contributed by atoms with van der Waals surface area (Å²) in [5.41, 5.74) is 0.840. The van der Waals surface area contributed by atoms with Crippen LogP contribution in [-0.2, 0) is 20.0 Å². The smallest absolute Gasteiger partial charge is 0.262 e. The van der Waals surface area contributed by atoms with Crippen LogP contribution < -0.4 is 18.5 Å². The molecule has 8 nitrogen and oxygen atoms in total. The van der Waals surface area contributed by atoms with E-state index in [0.29, 0.717) is 35.8 Å². The Hall–Kier alpha value is -2.46. The summed E-state index contributed by atoms with van der Waals surface area (Å²) in [6.45, 7) is 0.430. The molecule has 2 aromatic rings. The molecular weight excluding hydrogens is 392 g/mol. The third-order valence-corrected chi connectivity index (χ3v) is 7.42. The van der Waals surface area contributed by atoms with Crippen molar-refractivity contribution in [3.63, 3.8) is 0 Å². The van der Waals surface area contributed by atoms with Crippen LogP contribution in [0.1, 0.15) is 6.42 Å². The van der Waals surface area contributed by atoms with Crippen LogP contribution in [0.5, 0.6) is 11.5 Å². The molecular formula is C17H20N2O6S2. The molecule has 1 N–H and O–H groups in total. The highest BCUT2D eigenvalue weighted by Gasteiger charge is 2.28. The predicted octanol–water partition coefficient (Wildman–Crippen LogP) is 2.04. The zero-order chi connectivity index (χ0) is 19.7. The van der Waals surface area contributed by atoms with Crippen LogP contribution in [0.4, 0.5) is 11.4 Å². The first kappa shape index (κ1) is 19.3. The van der Waals surface area contributed by atoms with Gasteiger partial charge in [0.1, 0.15) is 0 Å². The van der Waals surface area contributed by atoms with Crippen molar-refractivity contribution in [2.45, 2.75) is 11.3 Å². The number of benzene rings is 2. The van der Waals surface area contributed by atoms with E-state index >= 15 is 0 Å². The Balaban J connectivity index is 1.82. The van der Waals surface area contributed by atoms with Gasteiger partial charge in [0.2, 0.25) is 10.0 Å². The van der Waals surface area contributed by atoms with Crippen LogP contribution in [0.15, 0.2) is 47.4 Å². The standard InChI is InChI=1S/C17H20N2O6S2/c1-24-16-9-8-15(12-17(16)25-2)27(22,23)18-13-4-6-14(7-5-13)19-10-3-11-26(19,20)21/h4-9,12,18H,3,10-11H2,1-2H3. The van der Waals surface area contributed by atoms with Gasteiger partial charge in [0, 0.05) is 18.3 Å². The molecule has 1 aliphatic rings. The first-order chi connectivity index (χ1) is 12.8. The zero-order valence-corrected chi connectivity index (χ0v) is 16.5. The van der Waals surface area contributed by atoms with Gasteiger partial charge in [-0.1, -0.05) is 0 Å². The van der Waals surface area contributed by atoms with Gasteiger partial charge in [0.05, 0.1) is 30.6 Å². The largest absolute Gasteiger partial charge is 0.493 e. The zero-order valence-electron chi connectivity index (χ0n) is 14.9. The Kier molecular flexibility index (Phi) is 5.20. The molecule has 0 unspecified atom stereocenters. The Bertz CT molecular complexity index is 1030. The minimum Gasteiger partial charge on any atom is -0.493 e. The number of ether oxygens (including phenoxy) is 2. The number of rotatable bonds is 6. The number of hydrogen-bond donors (Lipinski definition) is 1. The topological polar surface area (TPSA) is 102 Å². The molecule has 0 radical (unpaired) electrons. The van der Waals surface area contributed by atoms with E-state index in [1.54, 1.807) is 12.1 Å². The summed E-state index contributed by atoms with van der Waals surface area (Å²) in [4.78, 5) is 0.0198. The molecule has 0 amide bonds. The highest BCUT2D eigenvalue weighted by molar-refractivity contribution is 7.93. The molecule has 0 aliphatic carbocycles. The molecule has 1 heterocycles. The first-order valence-corrected chi connectivity index (χ1v) is 11.2. The van der Waals surface area contributed by atoms with E-state index in [2.05, 4.69) is 4.72 Å². The number of anilines is 2. The number of sulfonamides is 2. The second-order valence-electron chi connectivity index (χ2n) is 5.91. The lowest BCUT2D eigenvalue weighted by Crippen LogP contribution is -2.25. The molecule has 3 rings (SSSR count). The van der Waals surface area contributed by atoms with Gasteiger partial charge < -0.3 is 9.47 Å². The molecule has 1 saturated heterocycles. The van der Waals surface area contributed by atoms with Crippen LogP contribution in [0.2, 0.25) is 0 Å². The second-order valence-corrected chi connectivity index (χ2v) is 9.61. The van der Waals surface area contributed by atoms with Crippen molar-refractivity contribution in [1.82, 2.24) is 0 Å². The van der Waals surface area contributed by atoms with Crippen molar-refractivity contribution in [2.75, 3.05) is 35.5 Å². The first-order valence-electron chi connectivity index (χ1n) is 8.12. The Morgan fingerprint density at radius 3 is 2.22 bits per heavy atom. The van der Waals surface area contributed by atoms with Crippen molar-refractivity contribution in [3.05, 3.63) is 42.5 Å². The molecule has 1 fully saturated rings. The number of methoxy groups -OCH3 is 2. The Morgan fingerprint density at radius 1 is 1.00 bits per heavy atom. The molecule has 0 spiro atoms. The lowest BCUT2D eigenvalue weighted by molar-refractivity contribution is 0.354. The normalized spacial score (nSPS) is 16.1. The highest BCUT2D eigenvalue weighted by atomic mass is 32.2. The van der Waals surface area contributed by atoms with E-state index in [-0.39, 0.29) is 10.6 Å². The maximum Gasteiger partial charge on any atom is 0.262 e. The number of hydrogen-bond acceptors (Lipinski definition) is 6. The Labute approximate surface area is 158 Å². The fraction of sp³-hybridized carbons (Fsp3) is 0.294. The molecule has 0 aromatic heterocycles. The van der Waals surface area contributed by atoms with E-state index < -0.39 is 20.0 Å². The van der Waals surface area contributed by atoms with E-state index in [4.69, 9.17) is 9.47 Å². The minimum absolute atomic E-state index is 0.0198. The fourth-order valence-electron chi connectivity index (χ4n) is 2.82. The van der Waals surface area contributed by atoms with Crippen LogP contribution in [-0.4, -0.2) is 43.4 Å². The highest BCUT2D eigenvalue weighted by Crippen LogP contribution is 2.31. The van der Waals surface area contributed by atoms with Gasteiger partial charge in [-0.25, -0.2) is 16.8 Å². The Morgan fingerprint density at radius 2 is 1.67 bits per heavy atom. The van der Waals surface area contributed by atoms with Crippen molar-refractivity contribution < 1.29 is 26.3 Å². The van der Waals surface area contributed by atoms with Gasteiger partial charge in [0.15, 0.2) is 11.5 Å². The molecule has 0 atom stereocenters. The van der Waals surface area contributed by atoms with E-state index in [9.17, 15) is 16.8 Å². The number of nitrogens with one attached hydrogen (secondary N) is 1. The second kappa shape index (κ2) is 7.28. The lowest BCUT2D eigenvalue weighted by Gasteiger charge is -2.17. The summed E-state index contributed by atoms with van der Waals surface area (Å²) >= 11 is 0. The van der Waals surface area contributed by atoms with Crippen molar-refractivity contribution in [3.8, 4) is 11.5 Å². The average molecular weight is 412 g/mol. The van der Waals surface area contributed by atoms with Crippen molar-refractivity contribution in [1.29, 1.82) is 0 Å². The van der Waals surface area contributed by atoms with Gasteiger partial charge in [0.25, 0.3) is 10.0 Å². The van der Waals surface area contributed by atoms with E-state index in [0.717, 1.165) is 0 Å². The lowest BCUT2D eigenvalue weighted by atomic mass is 10.3. The fourth-order valence-corrected chi connectivity index (χ4v) is 5.46. The van der Waals surface area contributed by atoms with Gasteiger partial charge in [-0.2, -0.15) is 0 Å². The summed E-state index contributed by atoms with van der Waals surface area (Å²) in [6.07, 6.45) is 0.579. The molecule has 0 saturated carbocycles. The van der Waals surface area contributed by atoms with Gasteiger partial charge in [-0.15, -0.1) is 0 Å². The third-order valence-electron chi connectivity index (χ3n) is 4.17. The molecule has 1 aliphatic heterocycles. The van der Waals surface area contributed by atoms with Gasteiger partial charge in [-0.3, -0.25) is 9.03 Å². The van der Waals surface area contributed by atoms with Gasteiger partial charge in [-0.05, 0) is 42.8 Å². The van der Waals surface area contributed by atoms with E-state index in [1.165, 1.54) is 48.9 Å². The SMILES string of the molecule is COc1ccc(S(=O)(=O)Nc2ccc(N3CCCS3(=O)=O)cc2)cc1OC. The monoisotopic (exact) mass is 412 g/mol. The number of nitrogens with zero attached hydrogens (tertiary/aromatic N) is 1. The van der Waals surface area contributed by atoms with Gasteiger partial charge >= 0.3 is 0 Å². The molecule has 10 heteroatoms. The third kappa shape index (κ3) is 3.96. The van der Waals surface area contributed by atoms with Crippen LogP contribution in [0.25, 0.3) is 0 Å². The molecule has 146 valence electrons. The maximum absolute atomic E-state index is 12.6. The van der Waals surface area contributed by atoms with E-state index in [1.807, 2.05) is 0 Å². The summed E-state index contributed by atoms with van der Waals surface area (Å²) in [6, 6.07) is 10.5. The van der Waals surface area contributed by atoms with Crippen LogP contribution >= 0.6 is 0 Å². The summed E-state index contributed by atoms with van der Waals surface area (Å²) in [7, 11) is -4.23. The minimum atomic E-state index is -3.84. The summed E-state index contributed by atoms with van der Waals surface area (Å²) < 4.78 is 63.2. The molecule has 27 heavy (non-hydrogen) atoms. The van der Waals surface area contributed by atoms with Crippen LogP contribution in [0, 0.1) is 0 Å². The summed E-state index contributed by atoms with van der Waals surface area (Å²) in [5.74, 6) is 0.850. The average Bonchev–Trinajstić information content (AvgIpc) is 3.00.